The second-order valence-corrected chi connectivity index (χ2v) is 7.38. The smallest absolute Gasteiger partial charge is 0.124 e. The summed E-state index contributed by atoms with van der Waals surface area (Å²) in [6, 6.07) is 8.01. The number of aliphatic hydroxyl groups excluding tert-OH is 1. The van der Waals surface area contributed by atoms with Gasteiger partial charge in [-0.1, -0.05) is 26.0 Å². The SMILES string of the molecule is CCOc1cccc(-c2nc3c(s2)C(O)CC(C)(C)C3)c1. The number of rotatable bonds is 3. The predicted octanol–water partition coefficient (Wildman–Crippen LogP) is 4.21. The molecule has 0 bridgehead atoms. The molecule has 0 saturated carbocycles. The van der Waals surface area contributed by atoms with Crippen molar-refractivity contribution in [2.24, 2.45) is 5.41 Å². The van der Waals surface area contributed by atoms with Crippen molar-refractivity contribution in [2.75, 3.05) is 6.61 Å². The van der Waals surface area contributed by atoms with Gasteiger partial charge in [-0.25, -0.2) is 4.98 Å². The molecule has 0 amide bonds. The van der Waals surface area contributed by atoms with E-state index in [9.17, 15) is 5.11 Å². The third-order valence-corrected chi connectivity index (χ3v) is 5.06. The van der Waals surface area contributed by atoms with Gasteiger partial charge in [0, 0.05) is 5.56 Å². The van der Waals surface area contributed by atoms with Crippen LogP contribution in [0.4, 0.5) is 0 Å². The molecule has 1 aliphatic rings. The number of aliphatic hydroxyl groups is 1. The van der Waals surface area contributed by atoms with Gasteiger partial charge >= 0.3 is 0 Å². The number of thiazole rings is 1. The summed E-state index contributed by atoms with van der Waals surface area (Å²) in [5.74, 6) is 0.865. The summed E-state index contributed by atoms with van der Waals surface area (Å²) in [6.07, 6.45) is 1.35. The number of fused-ring (bicyclic) bond motifs is 1. The number of ether oxygens (including phenoxy) is 1. The van der Waals surface area contributed by atoms with E-state index in [1.54, 1.807) is 11.3 Å². The lowest BCUT2D eigenvalue weighted by Crippen LogP contribution is -2.24. The molecule has 21 heavy (non-hydrogen) atoms. The number of nitrogens with zero attached hydrogens (tertiary/aromatic N) is 1. The Balaban J connectivity index is 1.96. The largest absolute Gasteiger partial charge is 0.494 e. The molecule has 0 spiro atoms. The minimum absolute atomic E-state index is 0.116. The van der Waals surface area contributed by atoms with Gasteiger partial charge in [0.15, 0.2) is 0 Å². The lowest BCUT2D eigenvalue weighted by Gasteiger charge is -2.31. The Hall–Kier alpha value is -1.39. The van der Waals surface area contributed by atoms with Gasteiger partial charge < -0.3 is 9.84 Å². The summed E-state index contributed by atoms with van der Waals surface area (Å²) in [6.45, 7) is 7.01. The fourth-order valence-corrected chi connectivity index (χ4v) is 3.97. The Labute approximate surface area is 129 Å². The van der Waals surface area contributed by atoms with Gasteiger partial charge in [0.05, 0.1) is 23.3 Å². The standard InChI is InChI=1S/C17H21NO2S/c1-4-20-12-7-5-6-11(8-12)16-18-13-9-17(2,3)10-14(19)15(13)21-16/h5-8,14,19H,4,9-10H2,1-3H3. The zero-order valence-corrected chi connectivity index (χ0v) is 13.5. The molecule has 0 aliphatic heterocycles. The quantitative estimate of drug-likeness (QED) is 0.923. The van der Waals surface area contributed by atoms with E-state index < -0.39 is 0 Å². The highest BCUT2D eigenvalue weighted by Gasteiger charge is 2.34. The molecule has 3 nitrogen and oxygen atoms in total. The van der Waals surface area contributed by atoms with E-state index in [1.165, 1.54) is 0 Å². The van der Waals surface area contributed by atoms with Crippen LogP contribution in [0, 0.1) is 5.41 Å². The van der Waals surface area contributed by atoms with E-state index in [0.717, 1.165) is 39.7 Å². The number of aromatic nitrogens is 1. The summed E-state index contributed by atoms with van der Waals surface area (Å²) < 4.78 is 5.55. The molecule has 0 radical (unpaired) electrons. The van der Waals surface area contributed by atoms with Crippen molar-refractivity contribution in [1.82, 2.24) is 4.98 Å². The topological polar surface area (TPSA) is 42.4 Å². The van der Waals surface area contributed by atoms with Crippen LogP contribution in [0.25, 0.3) is 10.6 Å². The second kappa shape index (κ2) is 5.43. The maximum Gasteiger partial charge on any atom is 0.124 e. The molecule has 4 heteroatoms. The minimum atomic E-state index is -0.384. The van der Waals surface area contributed by atoms with Crippen molar-refractivity contribution >= 4 is 11.3 Å². The van der Waals surface area contributed by atoms with Crippen molar-refractivity contribution in [1.29, 1.82) is 0 Å². The van der Waals surface area contributed by atoms with Gasteiger partial charge in [0.2, 0.25) is 0 Å². The predicted molar refractivity (Wildman–Crippen MR) is 85.8 cm³/mol. The molecule has 3 rings (SSSR count). The van der Waals surface area contributed by atoms with Crippen molar-refractivity contribution in [3.8, 4) is 16.3 Å². The van der Waals surface area contributed by atoms with E-state index in [0.29, 0.717) is 6.61 Å². The summed E-state index contributed by atoms with van der Waals surface area (Å²) in [7, 11) is 0. The van der Waals surface area contributed by atoms with Crippen molar-refractivity contribution in [3.05, 3.63) is 34.8 Å². The average Bonchev–Trinajstić information content (AvgIpc) is 2.82. The summed E-state index contributed by atoms with van der Waals surface area (Å²) in [4.78, 5) is 5.80. The summed E-state index contributed by atoms with van der Waals surface area (Å²) in [5.41, 5.74) is 2.23. The van der Waals surface area contributed by atoms with Crippen LogP contribution in [0.5, 0.6) is 5.75 Å². The molecule has 1 atom stereocenters. The van der Waals surface area contributed by atoms with E-state index in [-0.39, 0.29) is 11.5 Å². The molecule has 1 aromatic heterocycles. The molecule has 1 unspecified atom stereocenters. The summed E-state index contributed by atoms with van der Waals surface area (Å²) in [5, 5.41) is 11.3. The van der Waals surface area contributed by atoms with E-state index in [1.807, 2.05) is 31.2 Å². The first-order valence-electron chi connectivity index (χ1n) is 7.39. The Kier molecular flexibility index (Phi) is 3.76. The average molecular weight is 303 g/mol. The van der Waals surface area contributed by atoms with Crippen molar-refractivity contribution in [3.63, 3.8) is 0 Å². The van der Waals surface area contributed by atoms with Crippen LogP contribution < -0.4 is 4.74 Å². The van der Waals surface area contributed by atoms with Gasteiger partial charge in [-0.3, -0.25) is 0 Å². The van der Waals surface area contributed by atoms with Crippen LogP contribution in [-0.2, 0) is 6.42 Å². The van der Waals surface area contributed by atoms with Crippen molar-refractivity contribution < 1.29 is 9.84 Å². The summed E-state index contributed by atoms with van der Waals surface area (Å²) >= 11 is 1.61. The molecule has 1 aromatic carbocycles. The zero-order chi connectivity index (χ0) is 15.0. The monoisotopic (exact) mass is 303 g/mol. The molecule has 1 N–H and O–H groups in total. The fraction of sp³-hybridized carbons (Fsp3) is 0.471. The van der Waals surface area contributed by atoms with Gasteiger partial charge in [-0.2, -0.15) is 0 Å². The number of benzene rings is 1. The van der Waals surface area contributed by atoms with Gasteiger partial charge in [0.1, 0.15) is 10.8 Å². The van der Waals surface area contributed by atoms with Crippen LogP contribution in [0.15, 0.2) is 24.3 Å². The Bertz CT molecular complexity index is 648. The zero-order valence-electron chi connectivity index (χ0n) is 12.7. The lowest BCUT2D eigenvalue weighted by atomic mass is 9.77. The molecule has 0 saturated heterocycles. The molecule has 1 heterocycles. The molecule has 2 aromatic rings. The highest BCUT2D eigenvalue weighted by molar-refractivity contribution is 7.15. The third-order valence-electron chi connectivity index (χ3n) is 3.81. The second-order valence-electron chi connectivity index (χ2n) is 6.35. The maximum atomic E-state index is 10.3. The minimum Gasteiger partial charge on any atom is -0.494 e. The van der Waals surface area contributed by atoms with Crippen LogP contribution in [0.1, 0.15) is 43.9 Å². The molecule has 0 fully saturated rings. The highest BCUT2D eigenvalue weighted by atomic mass is 32.1. The Morgan fingerprint density at radius 2 is 2.24 bits per heavy atom. The van der Waals surface area contributed by atoms with E-state index in [2.05, 4.69) is 13.8 Å². The fourth-order valence-electron chi connectivity index (χ4n) is 2.90. The highest BCUT2D eigenvalue weighted by Crippen LogP contribution is 2.44. The molecular weight excluding hydrogens is 282 g/mol. The maximum absolute atomic E-state index is 10.3. The van der Waals surface area contributed by atoms with Gasteiger partial charge in [-0.05, 0) is 37.3 Å². The van der Waals surface area contributed by atoms with Gasteiger partial charge in [0.25, 0.3) is 0 Å². The lowest BCUT2D eigenvalue weighted by molar-refractivity contribution is 0.102. The Morgan fingerprint density at radius 3 is 3.00 bits per heavy atom. The third kappa shape index (κ3) is 2.97. The van der Waals surface area contributed by atoms with E-state index >= 15 is 0 Å². The molecular formula is C17H21NO2S. The van der Waals surface area contributed by atoms with Crippen LogP contribution >= 0.6 is 11.3 Å². The Morgan fingerprint density at radius 1 is 1.43 bits per heavy atom. The first kappa shape index (κ1) is 14.5. The first-order chi connectivity index (χ1) is 9.98. The first-order valence-corrected chi connectivity index (χ1v) is 8.21. The number of hydrogen-bond donors (Lipinski definition) is 1. The van der Waals surface area contributed by atoms with Crippen LogP contribution in [-0.4, -0.2) is 16.7 Å². The normalized spacial score (nSPS) is 20.1. The van der Waals surface area contributed by atoms with E-state index in [4.69, 9.17) is 9.72 Å². The van der Waals surface area contributed by atoms with Crippen LogP contribution in [0.3, 0.4) is 0 Å². The van der Waals surface area contributed by atoms with Crippen molar-refractivity contribution in [2.45, 2.75) is 39.7 Å². The molecule has 1 aliphatic carbocycles. The number of hydrogen-bond acceptors (Lipinski definition) is 4. The molecule has 112 valence electrons. The van der Waals surface area contributed by atoms with Crippen LogP contribution in [0.2, 0.25) is 0 Å². The van der Waals surface area contributed by atoms with Gasteiger partial charge in [-0.15, -0.1) is 11.3 Å².